The fourth-order valence-corrected chi connectivity index (χ4v) is 1.96. The second-order valence-corrected chi connectivity index (χ2v) is 5.59. The second-order valence-electron chi connectivity index (χ2n) is 5.59. The summed E-state index contributed by atoms with van der Waals surface area (Å²) in [4.78, 5) is 0. The van der Waals surface area contributed by atoms with E-state index in [1.54, 1.807) is 0 Å². The zero-order valence-corrected chi connectivity index (χ0v) is 12.9. The summed E-state index contributed by atoms with van der Waals surface area (Å²) in [6, 6.07) is 0. The third-order valence-electron chi connectivity index (χ3n) is 3.50. The molecule has 1 N–H and O–H groups in total. The van der Waals surface area contributed by atoms with Crippen molar-refractivity contribution >= 4 is 0 Å². The van der Waals surface area contributed by atoms with Crippen molar-refractivity contribution in [2.45, 2.75) is 61.0 Å². The summed E-state index contributed by atoms with van der Waals surface area (Å²) in [6.45, 7) is -2.94. The maximum atomic E-state index is 14.4. The van der Waals surface area contributed by atoms with Crippen molar-refractivity contribution < 1.29 is 76.0 Å². The van der Waals surface area contributed by atoms with Crippen LogP contribution in [0.25, 0.3) is 0 Å². The van der Waals surface area contributed by atoms with Crippen LogP contribution in [-0.4, -0.2) is 65.8 Å². The molecular weight excluding hydrogens is 446 g/mol. The molecule has 4 unspecified atom stereocenters. The van der Waals surface area contributed by atoms with Gasteiger partial charge in [0.1, 0.15) is 0 Å². The quantitative estimate of drug-likeness (QED) is 0.614. The largest absolute Gasteiger partial charge is 0.391 e. The van der Waals surface area contributed by atoms with Crippen LogP contribution in [0.1, 0.15) is 6.92 Å². The first kappa shape index (κ1) is 24.9. The van der Waals surface area contributed by atoms with E-state index in [2.05, 4.69) is 9.47 Å². The molecule has 0 bridgehead atoms. The highest BCUT2D eigenvalue weighted by atomic mass is 19.4. The number of ether oxygens (including phenoxy) is 2. The third kappa shape index (κ3) is 2.83. The van der Waals surface area contributed by atoms with Gasteiger partial charge in [0.25, 0.3) is 12.3 Å². The molecule has 1 saturated carbocycles. The first-order chi connectivity index (χ1) is 12.1. The van der Waals surface area contributed by atoms with Gasteiger partial charge in [0.2, 0.25) is 6.36 Å². The molecule has 3 nitrogen and oxygen atoms in total. The Hall–Kier alpha value is -1.10. The van der Waals surface area contributed by atoms with E-state index in [4.69, 9.17) is 5.11 Å². The first-order valence-electron chi connectivity index (χ1n) is 6.60. The van der Waals surface area contributed by atoms with Crippen LogP contribution in [-0.2, 0) is 9.47 Å². The highest BCUT2D eigenvalue weighted by Gasteiger charge is 3.02. The summed E-state index contributed by atoms with van der Waals surface area (Å²) in [5.74, 6) is -49.5. The highest BCUT2D eigenvalue weighted by Crippen LogP contribution is 2.70. The SMILES string of the molecule is CC(F)(F)C(F)OC1(F)C(F)(F)C(F)(F)C(F)(F)C(F)(F)C1(F)OC(F)CO. The van der Waals surface area contributed by atoms with Gasteiger partial charge in [-0.15, -0.1) is 0 Å². The number of hydrogen-bond donors (Lipinski definition) is 1. The zero-order chi connectivity index (χ0) is 22.8. The summed E-state index contributed by atoms with van der Waals surface area (Å²) < 4.78 is 193. The Bertz CT molecular complexity index is 592. The second kappa shape index (κ2) is 6.45. The predicted octanol–water partition coefficient (Wildman–Crippen LogP) is 4.14. The normalized spacial score (nSPS) is 36.0. The highest BCUT2D eigenvalue weighted by molar-refractivity contribution is 5.24. The topological polar surface area (TPSA) is 38.7 Å². The molecule has 0 aliphatic heterocycles. The fourth-order valence-electron chi connectivity index (χ4n) is 1.96. The molecule has 0 radical (unpaired) electrons. The van der Waals surface area contributed by atoms with E-state index in [-0.39, 0.29) is 0 Å². The monoisotopic (exact) mass is 454 g/mol. The van der Waals surface area contributed by atoms with Crippen LogP contribution >= 0.6 is 0 Å². The lowest BCUT2D eigenvalue weighted by molar-refractivity contribution is -0.558. The minimum absolute atomic E-state index is 0.612. The van der Waals surface area contributed by atoms with E-state index in [1.165, 1.54) is 0 Å². The molecule has 0 heterocycles. The van der Waals surface area contributed by atoms with Gasteiger partial charge in [0, 0.05) is 6.92 Å². The van der Waals surface area contributed by atoms with Crippen molar-refractivity contribution in [2.24, 2.45) is 0 Å². The van der Waals surface area contributed by atoms with Gasteiger partial charge >= 0.3 is 35.4 Å². The molecule has 28 heavy (non-hydrogen) atoms. The van der Waals surface area contributed by atoms with E-state index in [1.807, 2.05) is 0 Å². The van der Waals surface area contributed by atoms with E-state index in [0.717, 1.165) is 0 Å². The predicted molar refractivity (Wildman–Crippen MR) is 57.1 cm³/mol. The molecule has 0 saturated heterocycles. The molecule has 0 aromatic rings. The van der Waals surface area contributed by atoms with Gasteiger partial charge in [-0.05, 0) is 0 Å². The van der Waals surface area contributed by atoms with Crippen LogP contribution < -0.4 is 0 Å². The molecule has 0 aromatic carbocycles. The van der Waals surface area contributed by atoms with Gasteiger partial charge in [0.15, 0.2) is 0 Å². The van der Waals surface area contributed by atoms with Crippen LogP contribution in [0.4, 0.5) is 61.5 Å². The smallest absolute Gasteiger partial charge is 0.384 e. The van der Waals surface area contributed by atoms with Gasteiger partial charge in [-0.25, -0.2) is 17.6 Å². The zero-order valence-electron chi connectivity index (χ0n) is 12.9. The Morgan fingerprint density at radius 2 is 1.04 bits per heavy atom. The maximum absolute atomic E-state index is 14.4. The molecular formula is C11H8F14O3. The van der Waals surface area contributed by atoms with Crippen molar-refractivity contribution in [3.8, 4) is 0 Å². The first-order valence-corrected chi connectivity index (χ1v) is 6.60. The summed E-state index contributed by atoms with van der Waals surface area (Å²) in [5, 5.41) is 8.20. The Labute approximate surface area is 145 Å². The Morgan fingerprint density at radius 1 is 0.714 bits per heavy atom. The lowest BCUT2D eigenvalue weighted by atomic mass is 9.77. The van der Waals surface area contributed by atoms with E-state index < -0.39 is 67.6 Å². The third-order valence-corrected chi connectivity index (χ3v) is 3.50. The van der Waals surface area contributed by atoms with Crippen LogP contribution in [0.5, 0.6) is 0 Å². The van der Waals surface area contributed by atoms with Crippen molar-refractivity contribution in [2.75, 3.05) is 6.61 Å². The van der Waals surface area contributed by atoms with E-state index >= 15 is 0 Å². The summed E-state index contributed by atoms with van der Waals surface area (Å²) in [6.07, 6.45) is -8.99. The van der Waals surface area contributed by atoms with Crippen LogP contribution in [0.3, 0.4) is 0 Å². The molecule has 4 atom stereocenters. The number of halogens is 14. The molecule has 0 aromatic heterocycles. The molecule has 0 spiro atoms. The van der Waals surface area contributed by atoms with Gasteiger partial charge in [-0.3, -0.25) is 9.47 Å². The standard InChI is InChI=1S/C11H8F14O3/c1-5(14,15)4(13)28-11(25)9(22,23)7(18,19)6(16,17)8(20,21)10(11,24)27-3(12)2-26/h3-4,26H,2H2,1H3. The number of alkyl halides is 14. The Balaban J connectivity index is 3.87. The van der Waals surface area contributed by atoms with Crippen molar-refractivity contribution in [3.63, 3.8) is 0 Å². The van der Waals surface area contributed by atoms with Crippen LogP contribution in [0.2, 0.25) is 0 Å². The molecule has 1 fully saturated rings. The van der Waals surface area contributed by atoms with Crippen LogP contribution in [0.15, 0.2) is 0 Å². The van der Waals surface area contributed by atoms with Gasteiger partial charge < -0.3 is 5.11 Å². The number of rotatable bonds is 6. The molecule has 17 heteroatoms. The van der Waals surface area contributed by atoms with Gasteiger partial charge in [0.05, 0.1) is 6.61 Å². The Kier molecular flexibility index (Phi) is 5.74. The maximum Gasteiger partial charge on any atom is 0.384 e. The summed E-state index contributed by atoms with van der Waals surface area (Å²) >= 11 is 0. The van der Waals surface area contributed by atoms with Crippen molar-refractivity contribution in [1.29, 1.82) is 0 Å². The summed E-state index contributed by atoms with van der Waals surface area (Å²) in [7, 11) is 0. The minimum atomic E-state index is -7.59. The van der Waals surface area contributed by atoms with Gasteiger partial charge in [-0.1, -0.05) is 0 Å². The average molecular weight is 454 g/mol. The number of aliphatic hydroxyl groups excluding tert-OH is 1. The number of aliphatic hydroxyl groups is 1. The molecule has 0 amide bonds. The molecule has 1 aliphatic carbocycles. The molecule has 168 valence electrons. The van der Waals surface area contributed by atoms with Crippen LogP contribution in [0, 0.1) is 0 Å². The average Bonchev–Trinajstić information content (AvgIpc) is 2.51. The van der Waals surface area contributed by atoms with Crippen molar-refractivity contribution in [1.82, 2.24) is 0 Å². The molecule has 1 rings (SSSR count). The van der Waals surface area contributed by atoms with Crippen molar-refractivity contribution in [3.05, 3.63) is 0 Å². The summed E-state index contributed by atoms with van der Waals surface area (Å²) in [5.41, 5.74) is 0. The fraction of sp³-hybridized carbons (Fsp3) is 1.00. The van der Waals surface area contributed by atoms with E-state index in [0.29, 0.717) is 0 Å². The minimum Gasteiger partial charge on any atom is -0.391 e. The molecule has 1 aliphatic rings. The lowest BCUT2D eigenvalue weighted by Crippen LogP contribution is -2.86. The van der Waals surface area contributed by atoms with Gasteiger partial charge in [-0.2, -0.15) is 43.9 Å². The van der Waals surface area contributed by atoms with E-state index in [9.17, 15) is 61.5 Å². The lowest BCUT2D eigenvalue weighted by Gasteiger charge is -2.54. The Morgan fingerprint density at radius 3 is 1.32 bits per heavy atom. The number of hydrogen-bond acceptors (Lipinski definition) is 3.